The Bertz CT molecular complexity index is 292. The molecule has 0 saturated heterocycles. The van der Waals surface area contributed by atoms with Crippen LogP contribution in [0, 0.1) is 5.41 Å². The number of hydrogen-bond acceptors (Lipinski definition) is 1. The molecule has 0 aliphatic heterocycles. The second-order valence-corrected chi connectivity index (χ2v) is 5.38. The third-order valence-electron chi connectivity index (χ3n) is 3.49. The van der Waals surface area contributed by atoms with Gasteiger partial charge in [-0.2, -0.15) is 0 Å². The van der Waals surface area contributed by atoms with Crippen molar-refractivity contribution in [3.8, 4) is 0 Å². The van der Waals surface area contributed by atoms with Crippen molar-refractivity contribution in [2.24, 2.45) is 5.41 Å². The van der Waals surface area contributed by atoms with Crippen LogP contribution in [0.4, 0.5) is 0 Å². The molecular formula is C15H25N. The first-order valence-electron chi connectivity index (χ1n) is 6.24. The Hall–Kier alpha value is -0.820. The molecule has 0 aromatic heterocycles. The summed E-state index contributed by atoms with van der Waals surface area (Å²) in [5.74, 6) is 0. The first-order chi connectivity index (χ1) is 7.56. The Morgan fingerprint density at radius 3 is 2.25 bits per heavy atom. The van der Waals surface area contributed by atoms with Crippen molar-refractivity contribution in [3.05, 3.63) is 35.9 Å². The SMILES string of the molecule is CCC(C)(CCN(C)C)Cc1ccccc1. The van der Waals surface area contributed by atoms with Crippen LogP contribution in [0.3, 0.4) is 0 Å². The molecule has 0 fully saturated rings. The Kier molecular flexibility index (Phi) is 5.01. The molecule has 0 spiro atoms. The van der Waals surface area contributed by atoms with Gasteiger partial charge in [-0.3, -0.25) is 0 Å². The zero-order valence-corrected chi connectivity index (χ0v) is 11.2. The number of nitrogens with zero attached hydrogens (tertiary/aromatic N) is 1. The lowest BCUT2D eigenvalue weighted by atomic mass is 9.78. The van der Waals surface area contributed by atoms with Crippen LogP contribution in [0.5, 0.6) is 0 Å². The Labute approximate surface area is 100 Å². The molecule has 0 heterocycles. The van der Waals surface area contributed by atoms with Gasteiger partial charge in [0.25, 0.3) is 0 Å². The highest BCUT2D eigenvalue weighted by molar-refractivity contribution is 5.16. The van der Waals surface area contributed by atoms with E-state index in [1.807, 2.05) is 0 Å². The summed E-state index contributed by atoms with van der Waals surface area (Å²) in [5, 5.41) is 0. The van der Waals surface area contributed by atoms with E-state index in [-0.39, 0.29) is 0 Å². The average Bonchev–Trinajstić information content (AvgIpc) is 2.28. The molecule has 1 unspecified atom stereocenters. The summed E-state index contributed by atoms with van der Waals surface area (Å²) in [6.45, 7) is 5.89. The van der Waals surface area contributed by atoms with Crippen LogP contribution >= 0.6 is 0 Å². The number of benzene rings is 1. The van der Waals surface area contributed by atoms with E-state index < -0.39 is 0 Å². The third-order valence-corrected chi connectivity index (χ3v) is 3.49. The van der Waals surface area contributed by atoms with Crippen molar-refractivity contribution < 1.29 is 0 Å². The average molecular weight is 219 g/mol. The minimum atomic E-state index is 0.436. The molecule has 90 valence electrons. The fraction of sp³-hybridized carbons (Fsp3) is 0.600. The molecule has 16 heavy (non-hydrogen) atoms. The van der Waals surface area contributed by atoms with Gasteiger partial charge in [0.15, 0.2) is 0 Å². The molecule has 1 rings (SSSR count). The van der Waals surface area contributed by atoms with Gasteiger partial charge in [0.2, 0.25) is 0 Å². The van der Waals surface area contributed by atoms with Gasteiger partial charge in [-0.1, -0.05) is 50.6 Å². The molecule has 1 heteroatoms. The van der Waals surface area contributed by atoms with Crippen LogP contribution in [-0.2, 0) is 6.42 Å². The highest BCUT2D eigenvalue weighted by Gasteiger charge is 2.22. The monoisotopic (exact) mass is 219 g/mol. The lowest BCUT2D eigenvalue weighted by Crippen LogP contribution is -2.25. The molecular weight excluding hydrogens is 194 g/mol. The van der Waals surface area contributed by atoms with E-state index in [1.165, 1.54) is 31.4 Å². The predicted molar refractivity (Wildman–Crippen MR) is 71.7 cm³/mol. The van der Waals surface area contributed by atoms with Crippen LogP contribution in [0.1, 0.15) is 32.3 Å². The zero-order chi connectivity index (χ0) is 12.0. The van der Waals surface area contributed by atoms with Gasteiger partial charge in [-0.25, -0.2) is 0 Å². The molecule has 0 aliphatic carbocycles. The predicted octanol–water partition coefficient (Wildman–Crippen LogP) is 3.60. The van der Waals surface area contributed by atoms with Crippen molar-refractivity contribution in [3.63, 3.8) is 0 Å². The lowest BCUT2D eigenvalue weighted by molar-refractivity contribution is 0.240. The molecule has 0 bridgehead atoms. The highest BCUT2D eigenvalue weighted by atomic mass is 15.0. The molecule has 1 atom stereocenters. The van der Waals surface area contributed by atoms with E-state index in [4.69, 9.17) is 0 Å². The molecule has 1 aromatic rings. The summed E-state index contributed by atoms with van der Waals surface area (Å²) >= 11 is 0. The van der Waals surface area contributed by atoms with E-state index in [2.05, 4.69) is 63.2 Å². The Balaban J connectivity index is 2.59. The zero-order valence-electron chi connectivity index (χ0n) is 11.2. The first-order valence-corrected chi connectivity index (χ1v) is 6.24. The van der Waals surface area contributed by atoms with Gasteiger partial charge in [-0.05, 0) is 44.5 Å². The maximum atomic E-state index is 2.41. The molecule has 0 aliphatic rings. The first kappa shape index (κ1) is 13.2. The van der Waals surface area contributed by atoms with E-state index >= 15 is 0 Å². The van der Waals surface area contributed by atoms with Gasteiger partial charge in [-0.15, -0.1) is 0 Å². The smallest absolute Gasteiger partial charge is 0.00195 e. The van der Waals surface area contributed by atoms with Gasteiger partial charge in [0.1, 0.15) is 0 Å². The lowest BCUT2D eigenvalue weighted by Gasteiger charge is -2.30. The fourth-order valence-corrected chi connectivity index (χ4v) is 1.97. The van der Waals surface area contributed by atoms with Crippen molar-refractivity contribution in [1.29, 1.82) is 0 Å². The van der Waals surface area contributed by atoms with E-state index in [0.29, 0.717) is 5.41 Å². The van der Waals surface area contributed by atoms with E-state index in [1.54, 1.807) is 0 Å². The van der Waals surface area contributed by atoms with Gasteiger partial charge < -0.3 is 4.90 Å². The van der Waals surface area contributed by atoms with Crippen molar-refractivity contribution in [2.75, 3.05) is 20.6 Å². The Morgan fingerprint density at radius 2 is 1.75 bits per heavy atom. The van der Waals surface area contributed by atoms with Gasteiger partial charge in [0, 0.05) is 0 Å². The summed E-state index contributed by atoms with van der Waals surface area (Å²) in [5.41, 5.74) is 1.90. The van der Waals surface area contributed by atoms with Crippen LogP contribution in [-0.4, -0.2) is 25.5 Å². The van der Waals surface area contributed by atoms with Crippen LogP contribution in [0.15, 0.2) is 30.3 Å². The summed E-state index contributed by atoms with van der Waals surface area (Å²) in [6, 6.07) is 10.8. The van der Waals surface area contributed by atoms with Crippen molar-refractivity contribution in [1.82, 2.24) is 4.90 Å². The third kappa shape index (κ3) is 4.36. The normalized spacial score (nSPS) is 15.1. The Morgan fingerprint density at radius 1 is 1.12 bits per heavy atom. The fourth-order valence-electron chi connectivity index (χ4n) is 1.97. The van der Waals surface area contributed by atoms with E-state index in [9.17, 15) is 0 Å². The van der Waals surface area contributed by atoms with Crippen LogP contribution < -0.4 is 0 Å². The van der Waals surface area contributed by atoms with Crippen molar-refractivity contribution >= 4 is 0 Å². The molecule has 0 radical (unpaired) electrons. The molecule has 0 saturated carbocycles. The maximum absolute atomic E-state index is 2.41. The van der Waals surface area contributed by atoms with Gasteiger partial charge >= 0.3 is 0 Å². The quantitative estimate of drug-likeness (QED) is 0.706. The summed E-state index contributed by atoms with van der Waals surface area (Å²) in [7, 11) is 4.30. The second kappa shape index (κ2) is 6.05. The number of rotatable bonds is 6. The topological polar surface area (TPSA) is 3.24 Å². The molecule has 0 N–H and O–H groups in total. The largest absolute Gasteiger partial charge is 0.309 e. The van der Waals surface area contributed by atoms with E-state index in [0.717, 1.165) is 0 Å². The highest BCUT2D eigenvalue weighted by Crippen LogP contribution is 2.30. The molecule has 1 aromatic carbocycles. The summed E-state index contributed by atoms with van der Waals surface area (Å²) in [4.78, 5) is 2.28. The summed E-state index contributed by atoms with van der Waals surface area (Å²) in [6.07, 6.45) is 3.71. The summed E-state index contributed by atoms with van der Waals surface area (Å²) < 4.78 is 0. The van der Waals surface area contributed by atoms with Crippen LogP contribution in [0.2, 0.25) is 0 Å². The van der Waals surface area contributed by atoms with Crippen LogP contribution in [0.25, 0.3) is 0 Å². The number of hydrogen-bond donors (Lipinski definition) is 0. The minimum Gasteiger partial charge on any atom is -0.309 e. The maximum Gasteiger partial charge on any atom is -0.00195 e. The second-order valence-electron chi connectivity index (χ2n) is 5.38. The standard InChI is InChI=1S/C15H25N/c1-5-15(2,11-12-16(3)4)13-14-9-7-6-8-10-14/h6-10H,5,11-13H2,1-4H3. The molecule has 0 amide bonds. The van der Waals surface area contributed by atoms with Gasteiger partial charge in [0.05, 0.1) is 0 Å². The minimum absolute atomic E-state index is 0.436. The molecule has 1 nitrogen and oxygen atoms in total. The van der Waals surface area contributed by atoms with Crippen molar-refractivity contribution in [2.45, 2.75) is 33.1 Å².